The van der Waals surface area contributed by atoms with E-state index < -0.39 is 0 Å². The van der Waals surface area contributed by atoms with Gasteiger partial charge in [-0.05, 0) is 46.2 Å². The minimum absolute atomic E-state index is 0.257. The third-order valence-electron chi connectivity index (χ3n) is 6.34. The van der Waals surface area contributed by atoms with Gasteiger partial charge in [0.15, 0.2) is 11.5 Å². The van der Waals surface area contributed by atoms with Crippen molar-refractivity contribution in [2.24, 2.45) is 5.92 Å². The molecule has 0 bridgehead atoms. The lowest BCUT2D eigenvalue weighted by atomic mass is 10.0. The number of fused-ring (bicyclic) bond motifs is 1. The Morgan fingerprint density at radius 1 is 0.975 bits per heavy atom. The summed E-state index contributed by atoms with van der Waals surface area (Å²) < 4.78 is 15.3. The number of halogens is 1. The second-order valence-corrected chi connectivity index (χ2v) is 9.87. The molecule has 0 atom stereocenters. The molecule has 2 N–H and O–H groups in total. The van der Waals surface area contributed by atoms with Crippen LogP contribution in [-0.2, 0) is 6.54 Å². The van der Waals surface area contributed by atoms with E-state index in [0.717, 1.165) is 46.1 Å². The first-order chi connectivity index (χ1) is 19.5. The maximum absolute atomic E-state index is 13.6. The van der Waals surface area contributed by atoms with E-state index in [0.29, 0.717) is 24.1 Å². The van der Waals surface area contributed by atoms with Crippen molar-refractivity contribution in [3.8, 4) is 22.6 Å². The van der Waals surface area contributed by atoms with Crippen LogP contribution in [0.15, 0.2) is 85.2 Å². The minimum atomic E-state index is -0.257. The quantitative estimate of drug-likeness (QED) is 0.249. The van der Waals surface area contributed by atoms with Gasteiger partial charge < -0.3 is 10.2 Å². The number of pyridine rings is 1. The Labute approximate surface area is 229 Å². The molecule has 0 spiro atoms. The van der Waals surface area contributed by atoms with E-state index in [1.165, 1.54) is 12.1 Å². The van der Waals surface area contributed by atoms with Gasteiger partial charge in [0.25, 0.3) is 0 Å². The maximum atomic E-state index is 13.6. The summed E-state index contributed by atoms with van der Waals surface area (Å²) in [4.78, 5) is 12.0. The van der Waals surface area contributed by atoms with Gasteiger partial charge in [0.2, 0.25) is 0 Å². The molecule has 4 heterocycles. The maximum Gasteiger partial charge on any atom is 0.180 e. The highest BCUT2D eigenvalue weighted by Gasteiger charge is 2.17. The largest absolute Gasteiger partial charge is 0.352 e. The van der Waals surface area contributed by atoms with Crippen LogP contribution in [0.25, 0.3) is 28.3 Å². The van der Waals surface area contributed by atoms with Crippen molar-refractivity contribution in [3.63, 3.8) is 0 Å². The Morgan fingerprint density at radius 2 is 1.80 bits per heavy atom. The molecular weight excluding hydrogens is 507 g/mol. The van der Waals surface area contributed by atoms with Gasteiger partial charge in [0.1, 0.15) is 17.5 Å². The molecule has 0 radical (unpaired) electrons. The predicted molar refractivity (Wildman–Crippen MR) is 151 cm³/mol. The Hall–Kier alpha value is -5.19. The summed E-state index contributed by atoms with van der Waals surface area (Å²) in [5, 5.41) is 22.2. The van der Waals surface area contributed by atoms with E-state index in [-0.39, 0.29) is 5.82 Å². The zero-order chi connectivity index (χ0) is 27.5. The summed E-state index contributed by atoms with van der Waals surface area (Å²) >= 11 is 0. The summed E-state index contributed by atoms with van der Waals surface area (Å²) in [5.74, 6) is 2.11. The summed E-state index contributed by atoms with van der Waals surface area (Å²) in [6.45, 7) is 5.65. The average Bonchev–Trinajstić information content (AvgIpc) is 3.66. The van der Waals surface area contributed by atoms with E-state index >= 15 is 0 Å². The molecular formula is C29H27FN10. The molecule has 0 unspecified atom stereocenters. The van der Waals surface area contributed by atoms with Gasteiger partial charge in [-0.2, -0.15) is 5.10 Å². The molecule has 0 aliphatic rings. The zero-order valence-corrected chi connectivity index (χ0v) is 22.0. The number of nitrogens with one attached hydrogen (secondary N) is 2. The monoisotopic (exact) mass is 534 g/mol. The fourth-order valence-corrected chi connectivity index (χ4v) is 4.59. The molecule has 0 saturated heterocycles. The van der Waals surface area contributed by atoms with Gasteiger partial charge in [0, 0.05) is 48.2 Å². The Kier molecular flexibility index (Phi) is 6.84. The van der Waals surface area contributed by atoms with E-state index in [4.69, 9.17) is 4.98 Å². The lowest BCUT2D eigenvalue weighted by Gasteiger charge is -2.27. The number of aromatic amines is 1. The van der Waals surface area contributed by atoms with Crippen molar-refractivity contribution in [3.05, 3.63) is 96.6 Å². The van der Waals surface area contributed by atoms with Gasteiger partial charge in [-0.3, -0.25) is 0 Å². The number of tetrazole rings is 1. The second kappa shape index (κ2) is 10.9. The number of rotatable bonds is 9. The number of nitrogens with zero attached hydrogens (tertiary/aromatic N) is 8. The highest BCUT2D eigenvalue weighted by Crippen LogP contribution is 2.33. The minimum Gasteiger partial charge on any atom is -0.352 e. The summed E-state index contributed by atoms with van der Waals surface area (Å²) in [7, 11) is 0. The first-order valence-corrected chi connectivity index (χ1v) is 12.9. The summed E-state index contributed by atoms with van der Waals surface area (Å²) in [5.41, 5.74) is 4.98. The fraction of sp³-hybridized carbons (Fsp3) is 0.172. The molecule has 4 aromatic heterocycles. The molecule has 0 aliphatic heterocycles. The predicted octanol–water partition coefficient (Wildman–Crippen LogP) is 5.52. The number of benzene rings is 2. The summed E-state index contributed by atoms with van der Waals surface area (Å²) in [6, 6.07) is 22.2. The fourth-order valence-electron chi connectivity index (χ4n) is 4.59. The van der Waals surface area contributed by atoms with E-state index in [2.05, 4.69) is 54.8 Å². The molecule has 0 amide bonds. The topological polar surface area (TPSA) is 113 Å². The Balaban J connectivity index is 1.46. The van der Waals surface area contributed by atoms with Crippen molar-refractivity contribution < 1.29 is 4.39 Å². The van der Waals surface area contributed by atoms with Crippen molar-refractivity contribution in [2.75, 3.05) is 16.8 Å². The molecule has 6 aromatic rings. The smallest absolute Gasteiger partial charge is 0.180 e. The van der Waals surface area contributed by atoms with Crippen LogP contribution in [0, 0.1) is 11.7 Å². The molecule has 40 heavy (non-hydrogen) atoms. The van der Waals surface area contributed by atoms with Crippen molar-refractivity contribution in [2.45, 2.75) is 20.4 Å². The van der Waals surface area contributed by atoms with E-state index in [1.54, 1.807) is 10.7 Å². The van der Waals surface area contributed by atoms with Gasteiger partial charge in [0.05, 0.1) is 11.9 Å². The lowest BCUT2D eigenvalue weighted by Crippen LogP contribution is -2.28. The van der Waals surface area contributed by atoms with Crippen LogP contribution in [0.1, 0.15) is 19.4 Å². The Bertz CT molecular complexity index is 1730. The van der Waals surface area contributed by atoms with Crippen LogP contribution < -0.4 is 10.2 Å². The SMILES string of the molecule is CC(C)CN(Cc1ccc(F)cc1)c1cc(Nc2ccn3nccc3n2)cc(-c2ccccc2-c2nnn[nH]2)n1. The zero-order valence-electron chi connectivity index (χ0n) is 22.0. The van der Waals surface area contributed by atoms with Crippen LogP contribution >= 0.6 is 0 Å². The van der Waals surface area contributed by atoms with Crippen molar-refractivity contribution >= 4 is 23.0 Å². The summed E-state index contributed by atoms with van der Waals surface area (Å²) in [6.07, 6.45) is 3.57. The van der Waals surface area contributed by atoms with Crippen molar-refractivity contribution in [1.29, 1.82) is 0 Å². The molecule has 0 fully saturated rings. The standard InChI is InChI=1S/C29H27FN10/c1-19(2)17-39(18-20-7-9-21(30)10-8-20)28-16-22(32-26-12-14-40-27(34-26)11-13-31-40)15-25(33-28)23-5-3-4-6-24(23)29-35-37-38-36-29/h3-16,19H,17-18H2,1-2H3,(H,32,33,34)(H,35,36,37,38). The number of H-pyrrole nitrogens is 1. The molecule has 2 aromatic carbocycles. The van der Waals surface area contributed by atoms with Gasteiger partial charge >= 0.3 is 0 Å². The van der Waals surface area contributed by atoms with Gasteiger partial charge in [-0.1, -0.05) is 50.2 Å². The average molecular weight is 535 g/mol. The molecule has 6 rings (SSSR count). The molecule has 0 aliphatic carbocycles. The van der Waals surface area contributed by atoms with Crippen molar-refractivity contribution in [1.82, 2.24) is 40.2 Å². The highest BCUT2D eigenvalue weighted by atomic mass is 19.1. The molecule has 10 nitrogen and oxygen atoms in total. The normalized spacial score (nSPS) is 11.3. The van der Waals surface area contributed by atoms with Crippen LogP contribution in [-0.4, -0.2) is 46.8 Å². The third-order valence-corrected chi connectivity index (χ3v) is 6.34. The number of anilines is 3. The molecule has 200 valence electrons. The number of aromatic nitrogens is 8. The number of hydrogen-bond acceptors (Lipinski definition) is 8. The highest BCUT2D eigenvalue weighted by molar-refractivity contribution is 5.81. The van der Waals surface area contributed by atoms with Gasteiger partial charge in [-0.25, -0.2) is 24.0 Å². The Morgan fingerprint density at radius 3 is 2.58 bits per heavy atom. The molecule has 11 heteroatoms. The van der Waals surface area contributed by atoms with Crippen LogP contribution in [0.4, 0.5) is 21.7 Å². The molecule has 0 saturated carbocycles. The second-order valence-electron chi connectivity index (χ2n) is 9.87. The van der Waals surface area contributed by atoms with E-state index in [9.17, 15) is 4.39 Å². The first-order valence-electron chi connectivity index (χ1n) is 12.9. The lowest BCUT2D eigenvalue weighted by molar-refractivity contribution is 0.602. The van der Waals surface area contributed by atoms with E-state index in [1.807, 2.05) is 66.9 Å². The third kappa shape index (κ3) is 5.48. The number of hydrogen-bond donors (Lipinski definition) is 2. The van der Waals surface area contributed by atoms with Gasteiger partial charge in [-0.15, -0.1) is 5.10 Å². The van der Waals surface area contributed by atoms with Crippen LogP contribution in [0.2, 0.25) is 0 Å². The van der Waals surface area contributed by atoms with Crippen LogP contribution in [0.5, 0.6) is 0 Å². The van der Waals surface area contributed by atoms with Crippen LogP contribution in [0.3, 0.4) is 0 Å². The first kappa shape index (κ1) is 25.1.